The number of benzene rings is 2. The van der Waals surface area contributed by atoms with E-state index in [1.807, 2.05) is 54.5 Å². The average Bonchev–Trinajstić information content (AvgIpc) is 2.40. The second-order valence-electron chi connectivity index (χ2n) is 3.73. The minimum Gasteiger partial charge on any atom is -0.497 e. The maximum atomic E-state index is 5.12. The Bertz CT molecular complexity index is 453. The lowest BCUT2D eigenvalue weighted by Gasteiger charge is -2.21. The zero-order valence-corrected chi connectivity index (χ0v) is 10.1. The number of methoxy groups -OCH3 is 1. The summed E-state index contributed by atoms with van der Waals surface area (Å²) in [7, 11) is 3.65. The molecular formula is C14H16N2O. The van der Waals surface area contributed by atoms with Crippen molar-refractivity contribution in [2.24, 2.45) is 0 Å². The summed E-state index contributed by atoms with van der Waals surface area (Å²) < 4.78 is 5.12. The second-order valence-corrected chi connectivity index (χ2v) is 3.73. The van der Waals surface area contributed by atoms with E-state index in [2.05, 4.69) is 17.6 Å². The third-order valence-corrected chi connectivity index (χ3v) is 2.53. The molecule has 2 rings (SSSR count). The van der Waals surface area contributed by atoms with Crippen molar-refractivity contribution in [3.8, 4) is 5.75 Å². The number of nitrogens with one attached hydrogen (secondary N) is 1. The number of rotatable bonds is 4. The molecule has 0 atom stereocenters. The molecule has 0 unspecified atom stereocenters. The van der Waals surface area contributed by atoms with Gasteiger partial charge >= 0.3 is 0 Å². The molecule has 0 bridgehead atoms. The topological polar surface area (TPSA) is 24.5 Å². The van der Waals surface area contributed by atoms with Gasteiger partial charge in [-0.25, -0.2) is 0 Å². The molecule has 2 aromatic carbocycles. The lowest BCUT2D eigenvalue weighted by Crippen LogP contribution is -2.24. The van der Waals surface area contributed by atoms with E-state index in [1.54, 1.807) is 7.11 Å². The number of para-hydroxylation sites is 1. The molecule has 3 nitrogen and oxygen atoms in total. The highest BCUT2D eigenvalue weighted by atomic mass is 16.5. The van der Waals surface area contributed by atoms with Crippen LogP contribution in [0.15, 0.2) is 54.6 Å². The lowest BCUT2D eigenvalue weighted by atomic mass is 10.3. The van der Waals surface area contributed by atoms with Crippen molar-refractivity contribution < 1.29 is 4.74 Å². The molecule has 1 N–H and O–H groups in total. The molecule has 0 heterocycles. The van der Waals surface area contributed by atoms with Crippen LogP contribution in [0, 0.1) is 0 Å². The predicted molar refractivity (Wildman–Crippen MR) is 71.5 cm³/mol. The first kappa shape index (κ1) is 11.3. The zero-order chi connectivity index (χ0) is 12.1. The van der Waals surface area contributed by atoms with Gasteiger partial charge < -0.3 is 4.74 Å². The highest BCUT2D eigenvalue weighted by molar-refractivity contribution is 5.55. The molecule has 0 radical (unpaired) electrons. The summed E-state index contributed by atoms with van der Waals surface area (Å²) in [6.07, 6.45) is 0. The standard InChI is InChI=1S/C14H16N2O/c1-16(13-6-4-3-5-7-13)15-12-8-10-14(17-2)11-9-12/h3-11,15H,1-2H3. The van der Waals surface area contributed by atoms with Crippen LogP contribution in [0.1, 0.15) is 0 Å². The Kier molecular flexibility index (Phi) is 3.50. The molecule has 0 aliphatic rings. The Hall–Kier alpha value is -2.16. The second kappa shape index (κ2) is 5.25. The Labute approximate surface area is 102 Å². The van der Waals surface area contributed by atoms with Gasteiger partial charge in [-0.15, -0.1) is 0 Å². The van der Waals surface area contributed by atoms with Crippen LogP contribution in [0.25, 0.3) is 0 Å². The predicted octanol–water partition coefficient (Wildman–Crippen LogP) is 3.16. The normalized spacial score (nSPS) is 9.76. The number of hydrazine groups is 1. The summed E-state index contributed by atoms with van der Waals surface area (Å²) in [5.74, 6) is 0.859. The van der Waals surface area contributed by atoms with Crippen molar-refractivity contribution in [1.29, 1.82) is 0 Å². The Morgan fingerprint density at radius 2 is 1.59 bits per heavy atom. The van der Waals surface area contributed by atoms with Crippen LogP contribution in [0.4, 0.5) is 11.4 Å². The number of anilines is 2. The van der Waals surface area contributed by atoms with Crippen LogP contribution in [0.3, 0.4) is 0 Å². The summed E-state index contributed by atoms with van der Waals surface area (Å²) in [4.78, 5) is 0. The summed E-state index contributed by atoms with van der Waals surface area (Å²) in [6.45, 7) is 0. The van der Waals surface area contributed by atoms with E-state index >= 15 is 0 Å². The van der Waals surface area contributed by atoms with Gasteiger partial charge in [0.1, 0.15) is 5.75 Å². The van der Waals surface area contributed by atoms with Crippen LogP contribution < -0.4 is 15.2 Å². The van der Waals surface area contributed by atoms with Crippen molar-refractivity contribution in [3.05, 3.63) is 54.6 Å². The van der Waals surface area contributed by atoms with Crippen LogP contribution in [-0.2, 0) is 0 Å². The van der Waals surface area contributed by atoms with Gasteiger partial charge in [-0.1, -0.05) is 18.2 Å². The fraction of sp³-hybridized carbons (Fsp3) is 0.143. The van der Waals surface area contributed by atoms with E-state index in [1.165, 1.54) is 0 Å². The molecule has 0 amide bonds. The van der Waals surface area contributed by atoms with Gasteiger partial charge in [-0.3, -0.25) is 10.4 Å². The third-order valence-electron chi connectivity index (χ3n) is 2.53. The van der Waals surface area contributed by atoms with Crippen molar-refractivity contribution in [2.45, 2.75) is 0 Å². The number of hydrogen-bond acceptors (Lipinski definition) is 3. The Morgan fingerprint density at radius 1 is 0.941 bits per heavy atom. The van der Waals surface area contributed by atoms with Crippen molar-refractivity contribution >= 4 is 11.4 Å². The third kappa shape index (κ3) is 2.91. The van der Waals surface area contributed by atoms with Gasteiger partial charge in [-0.2, -0.15) is 0 Å². The van der Waals surface area contributed by atoms with E-state index in [4.69, 9.17) is 4.74 Å². The quantitative estimate of drug-likeness (QED) is 0.813. The van der Waals surface area contributed by atoms with Gasteiger partial charge in [0.15, 0.2) is 0 Å². The van der Waals surface area contributed by atoms with Crippen LogP contribution >= 0.6 is 0 Å². The molecule has 2 aromatic rings. The van der Waals surface area contributed by atoms with Crippen molar-refractivity contribution in [1.82, 2.24) is 0 Å². The van der Waals surface area contributed by atoms with Crippen molar-refractivity contribution in [2.75, 3.05) is 24.6 Å². The highest BCUT2D eigenvalue weighted by Gasteiger charge is 1.99. The van der Waals surface area contributed by atoms with Gasteiger partial charge in [0.2, 0.25) is 0 Å². The Balaban J connectivity index is 2.05. The maximum Gasteiger partial charge on any atom is 0.119 e. The average molecular weight is 228 g/mol. The van der Waals surface area contributed by atoms with E-state index in [0.717, 1.165) is 17.1 Å². The van der Waals surface area contributed by atoms with Gasteiger partial charge in [-0.05, 0) is 36.4 Å². The monoisotopic (exact) mass is 228 g/mol. The van der Waals surface area contributed by atoms with E-state index in [-0.39, 0.29) is 0 Å². The zero-order valence-electron chi connectivity index (χ0n) is 10.1. The number of hydrogen-bond donors (Lipinski definition) is 1. The van der Waals surface area contributed by atoms with E-state index in [0.29, 0.717) is 0 Å². The summed E-state index contributed by atoms with van der Waals surface area (Å²) in [5, 5.41) is 1.97. The molecule has 0 fully saturated rings. The first-order chi connectivity index (χ1) is 8.29. The number of ether oxygens (including phenoxy) is 1. The largest absolute Gasteiger partial charge is 0.497 e. The molecule has 0 aliphatic carbocycles. The number of nitrogens with zero attached hydrogens (tertiary/aromatic N) is 1. The van der Waals surface area contributed by atoms with Gasteiger partial charge in [0, 0.05) is 7.05 Å². The fourth-order valence-corrected chi connectivity index (χ4v) is 1.58. The first-order valence-corrected chi connectivity index (χ1v) is 5.49. The molecule has 0 aliphatic heterocycles. The maximum absolute atomic E-state index is 5.12. The molecule has 0 saturated carbocycles. The molecule has 0 saturated heterocycles. The minimum atomic E-state index is 0.859. The summed E-state index contributed by atoms with van der Waals surface area (Å²) in [6, 6.07) is 18.0. The van der Waals surface area contributed by atoms with Gasteiger partial charge in [0.05, 0.1) is 18.5 Å². The smallest absolute Gasteiger partial charge is 0.119 e. The van der Waals surface area contributed by atoms with Crippen LogP contribution in [-0.4, -0.2) is 14.2 Å². The van der Waals surface area contributed by atoms with Crippen LogP contribution in [0.5, 0.6) is 5.75 Å². The minimum absolute atomic E-state index is 0.859. The van der Waals surface area contributed by atoms with Crippen LogP contribution in [0.2, 0.25) is 0 Å². The van der Waals surface area contributed by atoms with E-state index < -0.39 is 0 Å². The Morgan fingerprint density at radius 3 is 2.18 bits per heavy atom. The molecule has 0 aromatic heterocycles. The fourth-order valence-electron chi connectivity index (χ4n) is 1.58. The molecule has 88 valence electrons. The van der Waals surface area contributed by atoms with Crippen molar-refractivity contribution in [3.63, 3.8) is 0 Å². The summed E-state index contributed by atoms with van der Waals surface area (Å²) >= 11 is 0. The molecule has 3 heteroatoms. The lowest BCUT2D eigenvalue weighted by molar-refractivity contribution is 0.415. The molecule has 17 heavy (non-hydrogen) atoms. The summed E-state index contributed by atoms with van der Waals surface area (Å²) in [5.41, 5.74) is 5.43. The molecule has 0 spiro atoms. The first-order valence-electron chi connectivity index (χ1n) is 5.49. The molecular weight excluding hydrogens is 212 g/mol. The van der Waals surface area contributed by atoms with Gasteiger partial charge in [0.25, 0.3) is 0 Å². The SMILES string of the molecule is COc1ccc(NN(C)c2ccccc2)cc1. The van der Waals surface area contributed by atoms with E-state index in [9.17, 15) is 0 Å². The highest BCUT2D eigenvalue weighted by Crippen LogP contribution is 2.17.